The van der Waals surface area contributed by atoms with E-state index in [1.54, 1.807) is 0 Å². The van der Waals surface area contributed by atoms with Crippen molar-refractivity contribution in [2.45, 2.75) is 95.7 Å². The fraction of sp³-hybridized carbons (Fsp3) is 0.833. The van der Waals surface area contributed by atoms with Gasteiger partial charge in [0, 0.05) is 6.42 Å². The Balaban J connectivity index is 3.72. The minimum absolute atomic E-state index is 0.0592. The van der Waals surface area contributed by atoms with Gasteiger partial charge in [-0.25, -0.2) is 0 Å². The molecule has 0 aliphatic rings. The molecule has 28 heavy (non-hydrogen) atoms. The van der Waals surface area contributed by atoms with Crippen molar-refractivity contribution in [3.05, 3.63) is 42.5 Å². The third-order valence-electron chi connectivity index (χ3n) is 4.62. The highest BCUT2D eigenvalue weighted by atomic mass is 16.7. The van der Waals surface area contributed by atoms with E-state index in [2.05, 4.69) is 6.08 Å². The van der Waals surface area contributed by atoms with Gasteiger partial charge in [0.1, 0.15) is 6.29 Å². The molecule has 0 aromatic heterocycles. The predicted octanol–water partition coefficient (Wildman–Crippen LogP) is 4.69. The first kappa shape index (κ1) is 25.6. The fourth-order valence-electron chi connectivity index (χ4n) is 2.88. The van der Waals surface area contributed by atoms with Crippen LogP contribution in [0.15, 0.2) is 12.2 Å². The molecule has 0 saturated carbocycles. The maximum absolute atomic E-state index is 10.8. The summed E-state index contributed by atoms with van der Waals surface area (Å²) in [6.07, 6.45) is 15.9. The van der Waals surface area contributed by atoms with Gasteiger partial charge >= 0.3 is 5.79 Å². The summed E-state index contributed by atoms with van der Waals surface area (Å²) >= 11 is 0. The van der Waals surface area contributed by atoms with E-state index < -0.39 is 27.0 Å². The molecule has 0 N–H and O–H groups in total. The first-order valence-corrected chi connectivity index (χ1v) is 9.91. The maximum atomic E-state index is 10.8. The molecular weight excluding hydrogens is 370 g/mol. The van der Waals surface area contributed by atoms with Gasteiger partial charge in [0.2, 0.25) is 0 Å². The molecule has 0 radical (unpaired) electrons. The lowest BCUT2D eigenvalue weighted by atomic mass is 10.1. The van der Waals surface area contributed by atoms with Gasteiger partial charge in [0.05, 0.1) is 0 Å². The minimum Gasteiger partial charge on any atom is -0.303 e. The average molecular weight is 401 g/mol. The first-order valence-electron chi connectivity index (χ1n) is 9.91. The van der Waals surface area contributed by atoms with E-state index in [-0.39, 0.29) is 6.42 Å². The van der Waals surface area contributed by atoms with Crippen LogP contribution in [0.4, 0.5) is 0 Å². The van der Waals surface area contributed by atoms with Crippen LogP contribution in [0.25, 0.3) is 0 Å². The molecule has 0 rings (SSSR count). The molecule has 160 valence electrons. The summed E-state index contributed by atoms with van der Waals surface area (Å²) < 4.78 is 0. The Morgan fingerprint density at radius 1 is 0.571 bits per heavy atom. The van der Waals surface area contributed by atoms with Crippen LogP contribution in [0.3, 0.4) is 0 Å². The largest absolute Gasteiger partial charge is 0.699 e. The number of hydrogen-bond donors (Lipinski definition) is 0. The van der Waals surface area contributed by atoms with Crippen LogP contribution in [-0.2, 0) is 4.79 Å². The summed E-state index contributed by atoms with van der Waals surface area (Å²) in [5.41, 5.74) is 0. The predicted molar refractivity (Wildman–Crippen MR) is 104 cm³/mol. The van der Waals surface area contributed by atoms with Gasteiger partial charge in [0.25, 0.3) is 0 Å². The van der Waals surface area contributed by atoms with Crippen LogP contribution in [0, 0.1) is 30.3 Å². The highest BCUT2D eigenvalue weighted by molar-refractivity contribution is 5.48. The molecule has 0 aromatic carbocycles. The third kappa shape index (κ3) is 10.1. The van der Waals surface area contributed by atoms with Gasteiger partial charge < -0.3 is 4.79 Å². The number of unbranched alkanes of at least 4 members (excludes halogenated alkanes) is 11. The molecule has 0 bridgehead atoms. The molecule has 0 unspecified atom stereocenters. The summed E-state index contributed by atoms with van der Waals surface area (Å²) in [5, 5.41) is 32.4. The molecule has 0 amide bonds. The number of nitro groups is 3. The summed E-state index contributed by atoms with van der Waals surface area (Å²) in [7, 11) is 0. The molecular formula is C18H31N3O7. The zero-order valence-corrected chi connectivity index (χ0v) is 16.3. The van der Waals surface area contributed by atoms with Gasteiger partial charge in [-0.3, -0.25) is 30.3 Å². The van der Waals surface area contributed by atoms with Crippen molar-refractivity contribution in [1.29, 1.82) is 0 Å². The Kier molecular flexibility index (Phi) is 14.3. The second-order valence-corrected chi connectivity index (χ2v) is 6.84. The van der Waals surface area contributed by atoms with E-state index in [9.17, 15) is 35.1 Å². The number of rotatable bonds is 19. The van der Waals surface area contributed by atoms with Crippen LogP contribution < -0.4 is 0 Å². The quantitative estimate of drug-likeness (QED) is 0.0761. The van der Waals surface area contributed by atoms with Crippen LogP contribution in [0.1, 0.15) is 89.9 Å². The molecule has 0 atom stereocenters. The number of nitrogens with zero attached hydrogens (tertiary/aromatic N) is 3. The standard InChI is InChI=1S/C18H31N3O7/c22-17-15-13-11-9-7-5-3-1-2-4-6-8-10-12-14-16-18(19(23)24,20(25)26)21(27)28/h4,6,17H,1-3,5,7-16H2/b6-4-. The Hall–Kier alpha value is -2.39. The number of hydrogen-bond acceptors (Lipinski definition) is 7. The molecule has 0 aromatic rings. The fourth-order valence-corrected chi connectivity index (χ4v) is 2.88. The number of carbonyl (C=O) groups excluding carboxylic acids is 1. The summed E-state index contributed by atoms with van der Waals surface area (Å²) in [6, 6.07) is 0. The monoisotopic (exact) mass is 401 g/mol. The molecule has 10 heteroatoms. The van der Waals surface area contributed by atoms with Crippen molar-refractivity contribution in [3.63, 3.8) is 0 Å². The van der Waals surface area contributed by atoms with E-state index in [1.165, 1.54) is 25.7 Å². The highest BCUT2D eigenvalue weighted by Crippen LogP contribution is 2.21. The zero-order valence-electron chi connectivity index (χ0n) is 16.3. The lowest BCUT2D eigenvalue weighted by Gasteiger charge is -2.08. The van der Waals surface area contributed by atoms with Crippen molar-refractivity contribution in [2.24, 2.45) is 0 Å². The van der Waals surface area contributed by atoms with Crippen LogP contribution >= 0.6 is 0 Å². The molecule has 0 aliphatic heterocycles. The lowest BCUT2D eigenvalue weighted by Crippen LogP contribution is -2.53. The Bertz CT molecular complexity index is 487. The normalized spacial score (nSPS) is 11.6. The van der Waals surface area contributed by atoms with Gasteiger partial charge in [-0.1, -0.05) is 50.7 Å². The van der Waals surface area contributed by atoms with Crippen molar-refractivity contribution in [1.82, 2.24) is 0 Å². The lowest BCUT2D eigenvalue weighted by molar-refractivity contribution is -0.970. The Labute approximate surface area is 164 Å². The number of aldehydes is 1. The van der Waals surface area contributed by atoms with Gasteiger partial charge in [-0.05, 0) is 38.5 Å². The van der Waals surface area contributed by atoms with Crippen molar-refractivity contribution in [2.75, 3.05) is 0 Å². The number of allylic oxidation sites excluding steroid dienone is 2. The summed E-state index contributed by atoms with van der Waals surface area (Å²) in [5.74, 6) is -3.33. The molecule has 0 spiro atoms. The maximum Gasteiger partial charge on any atom is 0.699 e. The first-order chi connectivity index (χ1) is 13.4. The topological polar surface area (TPSA) is 146 Å². The van der Waals surface area contributed by atoms with E-state index in [4.69, 9.17) is 0 Å². The van der Waals surface area contributed by atoms with Gasteiger partial charge in [-0.15, -0.1) is 0 Å². The smallest absolute Gasteiger partial charge is 0.303 e. The van der Waals surface area contributed by atoms with E-state index >= 15 is 0 Å². The van der Waals surface area contributed by atoms with Crippen LogP contribution in [0.5, 0.6) is 0 Å². The van der Waals surface area contributed by atoms with Crippen molar-refractivity contribution in [3.8, 4) is 0 Å². The highest BCUT2D eigenvalue weighted by Gasteiger charge is 2.69. The molecule has 0 heterocycles. The summed E-state index contributed by atoms with van der Waals surface area (Å²) in [6.45, 7) is 0. The van der Waals surface area contributed by atoms with E-state index in [1.807, 2.05) is 6.08 Å². The van der Waals surface area contributed by atoms with E-state index in [0.717, 1.165) is 38.4 Å². The van der Waals surface area contributed by atoms with E-state index in [0.29, 0.717) is 19.3 Å². The summed E-state index contributed by atoms with van der Waals surface area (Å²) in [4.78, 5) is 38.3. The van der Waals surface area contributed by atoms with Crippen LogP contribution in [-0.4, -0.2) is 26.8 Å². The second-order valence-electron chi connectivity index (χ2n) is 6.84. The number of carbonyl (C=O) groups is 1. The van der Waals surface area contributed by atoms with Gasteiger partial charge in [-0.2, -0.15) is 0 Å². The van der Waals surface area contributed by atoms with Crippen molar-refractivity contribution < 1.29 is 19.6 Å². The Morgan fingerprint density at radius 3 is 1.32 bits per heavy atom. The van der Waals surface area contributed by atoms with Gasteiger partial charge in [0.15, 0.2) is 21.2 Å². The Morgan fingerprint density at radius 2 is 0.929 bits per heavy atom. The van der Waals surface area contributed by atoms with Crippen molar-refractivity contribution >= 4 is 6.29 Å². The van der Waals surface area contributed by atoms with Crippen LogP contribution in [0.2, 0.25) is 0 Å². The second kappa shape index (κ2) is 15.6. The minimum atomic E-state index is -3.33. The third-order valence-corrected chi connectivity index (χ3v) is 4.62. The molecule has 0 saturated heterocycles. The molecule has 0 aliphatic carbocycles. The average Bonchev–Trinajstić information content (AvgIpc) is 2.63. The molecule has 10 nitrogen and oxygen atoms in total. The molecule has 0 fully saturated rings. The SMILES string of the molecule is O=CCCCCCCCCC/C=C\CCCCCC([N+](=O)[O-])([N+](=O)[O-])[N+](=O)[O-]. The zero-order chi connectivity index (χ0) is 21.3.